The zero-order chi connectivity index (χ0) is 64.3. The number of hydrogen-bond acceptors (Lipinski definition) is 6. The molecule has 12 aromatic carbocycles. The van der Waals surface area contributed by atoms with Crippen LogP contribution in [0, 0.1) is 55.4 Å². The summed E-state index contributed by atoms with van der Waals surface area (Å²) < 4.78 is 0. The number of aromatic hydroxyl groups is 4. The van der Waals surface area contributed by atoms with E-state index in [2.05, 4.69) is 0 Å². The molecule has 0 saturated heterocycles. The molecule has 0 unspecified atom stereocenters. The second-order valence-corrected chi connectivity index (χ2v) is 24.3. The Morgan fingerprint density at radius 1 is 0.272 bits per heavy atom. The lowest BCUT2D eigenvalue weighted by atomic mass is 9.65. The number of aryl methyl sites for hydroxylation is 2. The third kappa shape index (κ3) is 9.27. The first-order valence-corrected chi connectivity index (χ1v) is 31.1. The highest BCUT2D eigenvalue weighted by molar-refractivity contribution is 6.19. The molecule has 0 fully saturated rings. The molecular weight excluding hydrogens is 1130 g/mol. The Morgan fingerprint density at radius 3 is 0.870 bits per heavy atom. The molecular formula is C84H70N2O6. The average Bonchev–Trinajstić information content (AvgIpc) is 1.48. The van der Waals surface area contributed by atoms with Gasteiger partial charge in [0.25, 0.3) is 11.8 Å². The topological polar surface area (TPSA) is 122 Å². The number of hydrogen-bond donors (Lipinski definition) is 4. The largest absolute Gasteiger partial charge is 0.507 e. The quantitative estimate of drug-likeness (QED) is 0.108. The van der Waals surface area contributed by atoms with Crippen LogP contribution < -0.4 is 9.80 Å². The van der Waals surface area contributed by atoms with Crippen LogP contribution in [0.3, 0.4) is 0 Å². The summed E-state index contributed by atoms with van der Waals surface area (Å²) in [4.78, 5) is 35.0. The van der Waals surface area contributed by atoms with E-state index in [0.29, 0.717) is 33.4 Å². The van der Waals surface area contributed by atoms with Gasteiger partial charge in [-0.25, -0.2) is 0 Å². The molecule has 2 aliphatic rings. The van der Waals surface area contributed by atoms with Gasteiger partial charge in [0.2, 0.25) is 0 Å². The molecule has 0 saturated carbocycles. The minimum atomic E-state index is -1.30. The van der Waals surface area contributed by atoms with E-state index in [9.17, 15) is 20.4 Å². The Labute approximate surface area is 537 Å². The standard InChI is InChI=1S/2C42H35NO3/c1-26-28(3)39(44)33(30-16-8-5-9-17-30)24-36(26)42(37-25-34(31-18-10-6-11-19-31)40(45)29(4)27(37)2)35-22-14-15-23-38(35)43(41(42)46)32-20-12-7-13-21-32;1-26-24-34(28(3)37(39(26)44)30-16-8-5-9-17-30)42(35-25-27(2)40(45)38(29(35)4)31-18-10-6-11-19-31)33-22-14-15-23-36(33)43(41(42)46)32-20-12-7-13-21-32/h2*5-25,44-45H,1-4H3. The molecule has 8 nitrogen and oxygen atoms in total. The number of nitrogens with zero attached hydrogens (tertiary/aromatic N) is 2. The fraction of sp³-hybridized carbons (Fsp3) is 0.119. The number of phenolic OH excluding ortho intramolecular Hbond substituents is 4. The third-order valence-corrected chi connectivity index (χ3v) is 19.3. The van der Waals surface area contributed by atoms with Gasteiger partial charge < -0.3 is 20.4 Å². The van der Waals surface area contributed by atoms with Gasteiger partial charge in [-0.2, -0.15) is 0 Å². The molecule has 0 aliphatic carbocycles. The molecule has 0 spiro atoms. The Balaban J connectivity index is 0.000000168. The lowest BCUT2D eigenvalue weighted by Gasteiger charge is -2.35. The monoisotopic (exact) mass is 1200 g/mol. The van der Waals surface area contributed by atoms with E-state index in [1.165, 1.54) is 0 Å². The van der Waals surface area contributed by atoms with Gasteiger partial charge in [-0.05, 0) is 193 Å². The molecule has 2 aliphatic heterocycles. The SMILES string of the molecule is Cc1c(C2(c3cc(-c4ccccc4)c(O)c(C)c3C)C(=O)N(c3ccccc3)c3ccccc32)cc(-c2ccccc2)c(O)c1C.Cc1cc(C2(c3cc(C)c(O)c(-c4ccccc4)c3C)C(=O)N(c3ccccc3)c3ccccc32)c(C)c(-c2ccccc2)c1O. The summed E-state index contributed by atoms with van der Waals surface area (Å²) in [5.74, 6) is 0.572. The van der Waals surface area contributed by atoms with Crippen LogP contribution in [-0.4, -0.2) is 32.2 Å². The average molecular weight is 1200 g/mol. The van der Waals surface area contributed by atoms with E-state index >= 15 is 9.59 Å². The zero-order valence-electron chi connectivity index (χ0n) is 52.7. The number of rotatable bonds is 10. The van der Waals surface area contributed by atoms with Crippen molar-refractivity contribution in [3.05, 3.63) is 333 Å². The van der Waals surface area contributed by atoms with Crippen LogP contribution in [0.5, 0.6) is 23.0 Å². The molecule has 2 heterocycles. The highest BCUT2D eigenvalue weighted by atomic mass is 16.3. The van der Waals surface area contributed by atoms with Crippen LogP contribution in [0.4, 0.5) is 22.7 Å². The third-order valence-electron chi connectivity index (χ3n) is 19.3. The summed E-state index contributed by atoms with van der Waals surface area (Å²) in [6, 6.07) is 82.7. The number of benzene rings is 12. The second-order valence-electron chi connectivity index (χ2n) is 24.3. The van der Waals surface area contributed by atoms with Gasteiger partial charge in [0.1, 0.15) is 33.8 Å². The highest BCUT2D eigenvalue weighted by Crippen LogP contribution is 2.60. The van der Waals surface area contributed by atoms with Crippen LogP contribution in [-0.2, 0) is 20.4 Å². The molecule has 4 N–H and O–H groups in total. The first-order chi connectivity index (χ1) is 44.5. The molecule has 0 aromatic heterocycles. The Hall–Kier alpha value is -11.2. The van der Waals surface area contributed by atoms with Crippen molar-refractivity contribution >= 4 is 34.6 Å². The van der Waals surface area contributed by atoms with Crippen molar-refractivity contribution in [2.24, 2.45) is 0 Å². The van der Waals surface area contributed by atoms with E-state index in [-0.39, 0.29) is 34.8 Å². The van der Waals surface area contributed by atoms with Crippen molar-refractivity contribution in [2.45, 2.75) is 66.2 Å². The van der Waals surface area contributed by atoms with Gasteiger partial charge in [0.05, 0.1) is 11.4 Å². The summed E-state index contributed by atoms with van der Waals surface area (Å²) in [5.41, 5.74) is 17.7. The van der Waals surface area contributed by atoms with E-state index in [0.717, 1.165) is 112 Å². The van der Waals surface area contributed by atoms with Crippen molar-refractivity contribution < 1.29 is 30.0 Å². The van der Waals surface area contributed by atoms with E-state index in [4.69, 9.17) is 0 Å². The second kappa shape index (κ2) is 23.6. The van der Waals surface area contributed by atoms with Crippen molar-refractivity contribution in [3.8, 4) is 67.5 Å². The van der Waals surface area contributed by atoms with E-state index in [1.807, 2.05) is 320 Å². The molecule has 12 aromatic rings. The number of amides is 2. The molecule has 92 heavy (non-hydrogen) atoms. The van der Waals surface area contributed by atoms with Gasteiger partial charge >= 0.3 is 0 Å². The van der Waals surface area contributed by atoms with Crippen LogP contribution in [0.1, 0.15) is 77.9 Å². The summed E-state index contributed by atoms with van der Waals surface area (Å²) in [6.07, 6.45) is 0. The minimum Gasteiger partial charge on any atom is -0.507 e. The molecule has 2 amide bonds. The lowest BCUT2D eigenvalue weighted by Crippen LogP contribution is -2.42. The number of anilines is 4. The predicted octanol–water partition coefficient (Wildman–Crippen LogP) is 19.4. The summed E-state index contributed by atoms with van der Waals surface area (Å²) in [5, 5.41) is 46.2. The Morgan fingerprint density at radius 2 is 0.543 bits per heavy atom. The van der Waals surface area contributed by atoms with E-state index in [1.54, 1.807) is 0 Å². The van der Waals surface area contributed by atoms with Gasteiger partial charge in [0, 0.05) is 44.8 Å². The molecule has 14 rings (SSSR count). The van der Waals surface area contributed by atoms with Gasteiger partial charge in [-0.15, -0.1) is 0 Å². The fourth-order valence-electron chi connectivity index (χ4n) is 14.5. The molecule has 0 atom stereocenters. The summed E-state index contributed by atoms with van der Waals surface area (Å²) >= 11 is 0. The van der Waals surface area contributed by atoms with Crippen LogP contribution in [0.2, 0.25) is 0 Å². The number of fused-ring (bicyclic) bond motifs is 2. The van der Waals surface area contributed by atoms with Gasteiger partial charge in [-0.1, -0.05) is 206 Å². The van der Waals surface area contributed by atoms with Crippen molar-refractivity contribution in [1.82, 2.24) is 0 Å². The Kier molecular flexibility index (Phi) is 15.3. The maximum Gasteiger partial charge on any atom is 0.251 e. The van der Waals surface area contributed by atoms with E-state index < -0.39 is 10.8 Å². The van der Waals surface area contributed by atoms with Crippen LogP contribution >= 0.6 is 0 Å². The smallest absolute Gasteiger partial charge is 0.251 e. The molecule has 452 valence electrons. The molecule has 8 heteroatoms. The van der Waals surface area contributed by atoms with Crippen molar-refractivity contribution in [1.29, 1.82) is 0 Å². The summed E-state index contributed by atoms with van der Waals surface area (Å²) in [6.45, 7) is 15.6. The minimum absolute atomic E-state index is 0.112. The van der Waals surface area contributed by atoms with Crippen molar-refractivity contribution in [3.63, 3.8) is 0 Å². The van der Waals surface area contributed by atoms with Gasteiger partial charge in [-0.3, -0.25) is 19.4 Å². The number of phenols is 4. The first kappa shape index (κ1) is 59.7. The maximum absolute atomic E-state index is 15.7. The first-order valence-electron chi connectivity index (χ1n) is 31.1. The zero-order valence-corrected chi connectivity index (χ0v) is 52.7. The molecule has 0 bridgehead atoms. The summed E-state index contributed by atoms with van der Waals surface area (Å²) in [7, 11) is 0. The maximum atomic E-state index is 15.7. The van der Waals surface area contributed by atoms with Crippen LogP contribution in [0.25, 0.3) is 44.5 Å². The Bertz CT molecular complexity index is 4540. The van der Waals surface area contributed by atoms with Crippen LogP contribution in [0.15, 0.2) is 255 Å². The number of carbonyl (C=O) groups excluding carboxylic acids is 2. The van der Waals surface area contributed by atoms with Crippen molar-refractivity contribution in [2.75, 3.05) is 9.80 Å². The van der Waals surface area contributed by atoms with Gasteiger partial charge in [0.15, 0.2) is 0 Å². The molecule has 0 radical (unpaired) electrons. The lowest BCUT2D eigenvalue weighted by molar-refractivity contribution is -0.120. The number of carbonyl (C=O) groups is 2. The fourth-order valence-corrected chi connectivity index (χ4v) is 14.5. The normalized spacial score (nSPS) is 13.6. The number of para-hydroxylation sites is 4. The highest BCUT2D eigenvalue weighted by Gasteiger charge is 2.57. The predicted molar refractivity (Wildman–Crippen MR) is 372 cm³/mol.